The molecule has 256 valence electrons. The molecule has 9 rings (SSSR count). The molecule has 9 aromatic rings. The van der Waals surface area contributed by atoms with Crippen molar-refractivity contribution in [2.24, 2.45) is 0 Å². The highest BCUT2D eigenvalue weighted by Crippen LogP contribution is 2.42. The third-order valence-electron chi connectivity index (χ3n) is 10.3. The molecule has 0 aliphatic heterocycles. The Morgan fingerprint density at radius 1 is 0.596 bits per heavy atom. The Hall–Kier alpha value is -6.14. The van der Waals surface area contributed by atoms with Gasteiger partial charge in [-0.3, -0.25) is 4.57 Å². The first kappa shape index (κ1) is 31.8. The summed E-state index contributed by atoms with van der Waals surface area (Å²) in [5.41, 5.74) is 11.9. The number of benzene rings is 6. The summed E-state index contributed by atoms with van der Waals surface area (Å²) in [5.74, 6) is 0.842. The number of fused-ring (bicyclic) bond motifs is 5. The number of para-hydroxylation sites is 4. The first-order valence-electron chi connectivity index (χ1n) is 17.9. The van der Waals surface area contributed by atoms with Gasteiger partial charge in [0.1, 0.15) is 22.8 Å². The van der Waals surface area contributed by atoms with E-state index >= 15 is 0 Å². The lowest BCUT2D eigenvalue weighted by Gasteiger charge is -2.21. The first-order chi connectivity index (χ1) is 25.0. The van der Waals surface area contributed by atoms with E-state index < -0.39 is 0 Å². The van der Waals surface area contributed by atoms with Crippen molar-refractivity contribution in [1.82, 2.24) is 24.3 Å². The van der Waals surface area contributed by atoms with Crippen LogP contribution in [0.5, 0.6) is 5.75 Å². The lowest BCUT2D eigenvalue weighted by molar-refractivity contribution is 0.477. The number of phenolic OH excluding ortho intramolecular Hbond substituents is 1. The number of rotatable bonds is 4. The van der Waals surface area contributed by atoms with E-state index in [0.717, 1.165) is 55.6 Å². The van der Waals surface area contributed by atoms with E-state index in [0.29, 0.717) is 11.4 Å². The van der Waals surface area contributed by atoms with Crippen LogP contribution in [0.1, 0.15) is 52.7 Å². The molecule has 0 amide bonds. The molecule has 52 heavy (non-hydrogen) atoms. The summed E-state index contributed by atoms with van der Waals surface area (Å²) in [6.45, 7) is 13.6. The van der Waals surface area contributed by atoms with Gasteiger partial charge in [-0.15, -0.1) is 0 Å². The number of hydrogen-bond acceptors (Lipinski definition) is 3. The van der Waals surface area contributed by atoms with E-state index in [1.807, 2.05) is 41.1 Å². The maximum absolute atomic E-state index is 11.0. The number of hydrogen-bond donors (Lipinski definition) is 2. The van der Waals surface area contributed by atoms with Crippen LogP contribution in [0, 0.1) is 0 Å². The Kier molecular flexibility index (Phi) is 7.00. The molecule has 6 aromatic carbocycles. The van der Waals surface area contributed by atoms with Gasteiger partial charge in [0.05, 0.1) is 27.8 Å². The largest absolute Gasteiger partial charge is 0.507 e. The fourth-order valence-electron chi connectivity index (χ4n) is 7.47. The number of phenols is 1. The van der Waals surface area contributed by atoms with Crippen LogP contribution in [0.2, 0.25) is 0 Å². The molecule has 0 bridgehead atoms. The molecule has 0 fully saturated rings. The second-order valence-electron chi connectivity index (χ2n) is 15.9. The molecule has 0 atom stereocenters. The minimum Gasteiger partial charge on any atom is -0.507 e. The molecule has 0 aliphatic rings. The third-order valence-corrected chi connectivity index (χ3v) is 10.3. The monoisotopic (exact) mass is 679 g/mol. The van der Waals surface area contributed by atoms with Crippen LogP contribution in [0.3, 0.4) is 0 Å². The molecule has 3 aromatic heterocycles. The summed E-state index contributed by atoms with van der Waals surface area (Å²) in [5, 5.41) is 20.0. The first-order valence-corrected chi connectivity index (χ1v) is 17.9. The highest BCUT2D eigenvalue weighted by atomic mass is 16.3. The molecule has 0 radical (unpaired) electrons. The molecule has 3 heterocycles. The van der Waals surface area contributed by atoms with Crippen molar-refractivity contribution in [3.63, 3.8) is 0 Å². The zero-order chi connectivity index (χ0) is 35.9. The Morgan fingerprint density at radius 3 is 2.06 bits per heavy atom. The molecule has 0 saturated heterocycles. The fourth-order valence-corrected chi connectivity index (χ4v) is 7.47. The highest BCUT2D eigenvalue weighted by molar-refractivity contribution is 6.14. The van der Waals surface area contributed by atoms with E-state index in [9.17, 15) is 5.11 Å². The topological polar surface area (TPSA) is 71.7 Å². The van der Waals surface area contributed by atoms with Crippen molar-refractivity contribution in [1.29, 1.82) is 0 Å². The smallest absolute Gasteiger partial charge is 0.149 e. The van der Waals surface area contributed by atoms with Crippen molar-refractivity contribution in [3.8, 4) is 39.8 Å². The molecule has 6 nitrogen and oxygen atoms in total. The van der Waals surface area contributed by atoms with Crippen molar-refractivity contribution in [3.05, 3.63) is 139 Å². The van der Waals surface area contributed by atoms with E-state index in [2.05, 4.69) is 136 Å². The average Bonchev–Trinajstić information content (AvgIpc) is 3.82. The summed E-state index contributed by atoms with van der Waals surface area (Å²) in [4.78, 5) is 9.08. The summed E-state index contributed by atoms with van der Waals surface area (Å²) in [7, 11) is 0. The second-order valence-corrected chi connectivity index (χ2v) is 15.9. The van der Waals surface area contributed by atoms with Crippen LogP contribution in [-0.2, 0) is 10.8 Å². The number of nitrogens with zero attached hydrogens (tertiary/aromatic N) is 4. The predicted octanol–water partition coefficient (Wildman–Crippen LogP) is 11.6. The number of nitrogens with one attached hydrogen (secondary N) is 1. The second kappa shape index (κ2) is 11.4. The quantitative estimate of drug-likeness (QED) is 0.194. The van der Waals surface area contributed by atoms with Gasteiger partial charge in [0.15, 0.2) is 0 Å². The molecular formula is C46H41N5O. The van der Waals surface area contributed by atoms with Crippen molar-refractivity contribution in [2.45, 2.75) is 52.4 Å². The van der Waals surface area contributed by atoms with Gasteiger partial charge in [0, 0.05) is 32.9 Å². The lowest BCUT2D eigenvalue weighted by atomic mass is 9.83. The zero-order valence-corrected chi connectivity index (χ0v) is 30.4. The minimum atomic E-state index is -0.0815. The standard InChI is InChI=1S/C46H41N5O/c1-45(2,3)28-23-24-36-33(25-28)34-26-29(46(4,5)6)27-35(41(34)47-36)42-31-17-10-12-19-37(31)51(49-42)39-21-14-20-38-43(39)48-44(32-18-11-13-22-40(32)52)50(38)30-15-8-7-9-16-30/h7-27,47,52H,1-6H3. The summed E-state index contributed by atoms with van der Waals surface area (Å²) in [6.07, 6.45) is 0. The van der Waals surface area contributed by atoms with Crippen LogP contribution in [0.15, 0.2) is 127 Å². The number of H-pyrrole nitrogens is 1. The van der Waals surface area contributed by atoms with Crippen LogP contribution < -0.4 is 0 Å². The molecular weight excluding hydrogens is 639 g/mol. The van der Waals surface area contributed by atoms with Crippen molar-refractivity contribution in [2.75, 3.05) is 0 Å². The van der Waals surface area contributed by atoms with Gasteiger partial charge in [-0.2, -0.15) is 5.10 Å². The van der Waals surface area contributed by atoms with Gasteiger partial charge in [-0.05, 0) is 88.7 Å². The van der Waals surface area contributed by atoms with Crippen LogP contribution in [0.25, 0.3) is 77.8 Å². The Labute approximate surface area is 303 Å². The van der Waals surface area contributed by atoms with Crippen molar-refractivity contribution >= 4 is 43.7 Å². The van der Waals surface area contributed by atoms with Crippen LogP contribution in [-0.4, -0.2) is 29.4 Å². The van der Waals surface area contributed by atoms with E-state index in [-0.39, 0.29) is 16.6 Å². The number of aromatic hydroxyl groups is 1. The van der Waals surface area contributed by atoms with Crippen molar-refractivity contribution < 1.29 is 5.11 Å². The van der Waals surface area contributed by atoms with Gasteiger partial charge in [0.2, 0.25) is 0 Å². The van der Waals surface area contributed by atoms with Gasteiger partial charge in [0.25, 0.3) is 0 Å². The maximum atomic E-state index is 11.0. The third kappa shape index (κ3) is 5.01. The molecule has 0 spiro atoms. The summed E-state index contributed by atoms with van der Waals surface area (Å²) < 4.78 is 4.16. The molecule has 0 unspecified atom stereocenters. The number of aromatic amines is 1. The SMILES string of the molecule is CC(C)(C)c1ccc2[nH]c3c(-c4nn(-c5cccc6c5nc(-c5ccccc5O)n6-c5ccccc5)c5ccccc45)cc(C(C)(C)C)cc3c2c1. The molecule has 6 heteroatoms. The van der Waals surface area contributed by atoms with Crippen LogP contribution in [0.4, 0.5) is 0 Å². The van der Waals surface area contributed by atoms with E-state index in [4.69, 9.17) is 10.1 Å². The maximum Gasteiger partial charge on any atom is 0.149 e. The minimum absolute atomic E-state index is 0.0326. The highest BCUT2D eigenvalue weighted by Gasteiger charge is 2.25. The van der Waals surface area contributed by atoms with Gasteiger partial charge < -0.3 is 10.1 Å². The Bertz CT molecular complexity index is 2820. The average molecular weight is 680 g/mol. The van der Waals surface area contributed by atoms with Gasteiger partial charge in [-0.25, -0.2) is 9.67 Å². The van der Waals surface area contributed by atoms with E-state index in [1.165, 1.54) is 21.9 Å². The zero-order valence-electron chi connectivity index (χ0n) is 30.4. The summed E-state index contributed by atoms with van der Waals surface area (Å²) in [6, 6.07) is 43.8. The Balaban J connectivity index is 1.34. The van der Waals surface area contributed by atoms with Gasteiger partial charge in [-0.1, -0.05) is 102 Å². The van der Waals surface area contributed by atoms with E-state index in [1.54, 1.807) is 6.07 Å². The fraction of sp³-hybridized carbons (Fsp3) is 0.174. The Morgan fingerprint density at radius 2 is 1.29 bits per heavy atom. The van der Waals surface area contributed by atoms with Crippen LogP contribution >= 0.6 is 0 Å². The number of aromatic nitrogens is 5. The normalized spacial score (nSPS) is 12.5. The summed E-state index contributed by atoms with van der Waals surface area (Å²) >= 11 is 0. The molecule has 2 N–H and O–H groups in total. The predicted molar refractivity (Wildman–Crippen MR) is 215 cm³/mol. The molecule has 0 aliphatic carbocycles. The van der Waals surface area contributed by atoms with Gasteiger partial charge >= 0.3 is 0 Å². The molecule has 0 saturated carbocycles. The number of imidazole rings is 1. The lowest BCUT2D eigenvalue weighted by Crippen LogP contribution is -2.11.